The second kappa shape index (κ2) is 15.5. The van der Waals surface area contributed by atoms with Gasteiger partial charge in [0.05, 0.1) is 17.3 Å². The van der Waals surface area contributed by atoms with E-state index in [1.807, 2.05) is 18.2 Å². The molecular formula is C36H48N4O2. The van der Waals surface area contributed by atoms with E-state index in [1.54, 1.807) is 4.90 Å². The summed E-state index contributed by atoms with van der Waals surface area (Å²) in [6.07, 6.45) is 7.10. The Hall–Kier alpha value is -3.64. The third-order valence-electron chi connectivity index (χ3n) is 8.42. The van der Waals surface area contributed by atoms with Crippen molar-refractivity contribution in [3.05, 3.63) is 101 Å². The van der Waals surface area contributed by atoms with E-state index < -0.39 is 6.03 Å². The number of rotatable bonds is 13. The molecule has 42 heavy (non-hydrogen) atoms. The number of nitrogens with two attached hydrogens (primary N) is 1. The lowest BCUT2D eigenvalue weighted by molar-refractivity contribution is 0.0901. The summed E-state index contributed by atoms with van der Waals surface area (Å²) in [5.41, 5.74) is 10.6. The number of urea groups is 1. The summed E-state index contributed by atoms with van der Waals surface area (Å²) in [7, 11) is 0. The summed E-state index contributed by atoms with van der Waals surface area (Å²) in [5.74, 6) is 0.0108. The number of nitrogens with one attached hydrogen (secondary N) is 1. The van der Waals surface area contributed by atoms with Crippen LogP contribution < -0.4 is 16.0 Å². The van der Waals surface area contributed by atoms with Gasteiger partial charge in [0.2, 0.25) is 0 Å². The molecule has 1 aliphatic heterocycles. The maximum absolute atomic E-state index is 13.8. The fourth-order valence-electron chi connectivity index (χ4n) is 6.17. The number of primary amides is 1. The number of carbonyl (C=O) groups is 2. The van der Waals surface area contributed by atoms with Crippen molar-refractivity contribution >= 4 is 17.6 Å². The van der Waals surface area contributed by atoms with Crippen molar-refractivity contribution < 1.29 is 9.59 Å². The summed E-state index contributed by atoms with van der Waals surface area (Å²) in [6, 6.07) is 26.8. The summed E-state index contributed by atoms with van der Waals surface area (Å²) in [4.78, 5) is 30.7. The molecule has 0 saturated carbocycles. The zero-order chi connectivity index (χ0) is 29.9. The zero-order valence-electron chi connectivity index (χ0n) is 25.6. The highest BCUT2D eigenvalue weighted by molar-refractivity contribution is 6.05. The van der Waals surface area contributed by atoms with E-state index in [4.69, 9.17) is 5.73 Å². The summed E-state index contributed by atoms with van der Waals surface area (Å²) in [5, 5.41) is 3.31. The largest absolute Gasteiger partial charge is 0.351 e. The second-order valence-corrected chi connectivity index (χ2v) is 11.8. The lowest BCUT2D eigenvalue weighted by Gasteiger charge is -2.38. The van der Waals surface area contributed by atoms with Crippen molar-refractivity contribution in [1.82, 2.24) is 10.2 Å². The number of hydrogen-bond donors (Lipinski definition) is 2. The van der Waals surface area contributed by atoms with Gasteiger partial charge in [-0.2, -0.15) is 0 Å². The molecule has 1 saturated heterocycles. The molecule has 3 N–H and O–H groups in total. The van der Waals surface area contributed by atoms with Gasteiger partial charge in [-0.25, -0.2) is 4.79 Å². The Morgan fingerprint density at radius 2 is 1.45 bits per heavy atom. The van der Waals surface area contributed by atoms with Crippen molar-refractivity contribution in [2.24, 2.45) is 5.73 Å². The van der Waals surface area contributed by atoms with Gasteiger partial charge in [0.15, 0.2) is 0 Å². The van der Waals surface area contributed by atoms with Crippen LogP contribution in [0.2, 0.25) is 0 Å². The van der Waals surface area contributed by atoms with Crippen LogP contribution >= 0.6 is 0 Å². The van der Waals surface area contributed by atoms with E-state index in [0.29, 0.717) is 17.8 Å². The molecule has 0 unspecified atom stereocenters. The van der Waals surface area contributed by atoms with E-state index in [0.717, 1.165) is 57.2 Å². The Balaban J connectivity index is 1.48. The quantitative estimate of drug-likeness (QED) is 0.208. The van der Waals surface area contributed by atoms with Crippen LogP contribution in [0.15, 0.2) is 78.9 Å². The average molecular weight is 569 g/mol. The molecule has 6 nitrogen and oxygen atoms in total. The van der Waals surface area contributed by atoms with Crippen LogP contribution in [-0.2, 0) is 0 Å². The first kappa shape index (κ1) is 31.3. The van der Waals surface area contributed by atoms with Crippen molar-refractivity contribution in [2.75, 3.05) is 24.5 Å². The van der Waals surface area contributed by atoms with Crippen LogP contribution in [0.25, 0.3) is 0 Å². The number of anilines is 1. The van der Waals surface area contributed by atoms with Gasteiger partial charge in [-0.3, -0.25) is 14.6 Å². The molecule has 3 amide bonds. The van der Waals surface area contributed by atoms with E-state index in [1.165, 1.54) is 17.5 Å². The molecule has 1 aliphatic rings. The number of carbonyl (C=O) groups excluding carboxylic acids is 2. The standard InChI is InChI=1S/C36H48N4O2/c1-4-5-6-7-14-24-40(36(37)42)34-31(27(2)3)20-15-21-32(34)35(41)38-30-22-25-39(26-23-30)33(28-16-10-8-11-17-28)29-18-12-9-13-19-29/h8-13,15-21,27,30,33H,4-7,14,22-26H2,1-3H3,(H2,37,42)(H,38,41). The molecule has 0 radical (unpaired) electrons. The Morgan fingerprint density at radius 3 is 2.00 bits per heavy atom. The minimum atomic E-state index is -0.506. The maximum atomic E-state index is 13.8. The third kappa shape index (κ3) is 8.01. The van der Waals surface area contributed by atoms with Crippen molar-refractivity contribution in [3.63, 3.8) is 0 Å². The molecule has 6 heteroatoms. The summed E-state index contributed by atoms with van der Waals surface area (Å²) < 4.78 is 0. The second-order valence-electron chi connectivity index (χ2n) is 11.8. The first-order valence-corrected chi connectivity index (χ1v) is 15.7. The predicted molar refractivity (Wildman–Crippen MR) is 173 cm³/mol. The number of benzene rings is 3. The third-order valence-corrected chi connectivity index (χ3v) is 8.42. The first-order chi connectivity index (χ1) is 20.4. The molecular weight excluding hydrogens is 520 g/mol. The van der Waals surface area contributed by atoms with E-state index >= 15 is 0 Å². The van der Waals surface area contributed by atoms with Gasteiger partial charge in [-0.05, 0) is 47.9 Å². The Kier molecular flexibility index (Phi) is 11.6. The number of amides is 3. The van der Waals surface area contributed by atoms with Gasteiger partial charge in [0, 0.05) is 25.7 Å². The Labute approximate surface area is 252 Å². The van der Waals surface area contributed by atoms with E-state index in [-0.39, 0.29) is 23.9 Å². The van der Waals surface area contributed by atoms with Crippen molar-refractivity contribution in [1.29, 1.82) is 0 Å². The van der Waals surface area contributed by atoms with Gasteiger partial charge < -0.3 is 11.1 Å². The highest BCUT2D eigenvalue weighted by Crippen LogP contribution is 2.33. The smallest absolute Gasteiger partial charge is 0.319 e. The lowest BCUT2D eigenvalue weighted by Crippen LogP contribution is -2.46. The first-order valence-electron chi connectivity index (χ1n) is 15.7. The monoisotopic (exact) mass is 568 g/mol. The molecule has 1 heterocycles. The van der Waals surface area contributed by atoms with Crippen molar-refractivity contribution in [3.8, 4) is 0 Å². The van der Waals surface area contributed by atoms with Gasteiger partial charge in [-0.1, -0.05) is 119 Å². The van der Waals surface area contributed by atoms with Crippen LogP contribution in [-0.4, -0.2) is 42.5 Å². The normalized spacial score (nSPS) is 14.3. The van der Waals surface area contributed by atoms with Crippen LogP contribution in [0.4, 0.5) is 10.5 Å². The summed E-state index contributed by atoms with van der Waals surface area (Å²) >= 11 is 0. The number of unbranched alkanes of at least 4 members (excludes halogenated alkanes) is 4. The van der Waals surface area contributed by atoms with Crippen molar-refractivity contribution in [2.45, 2.75) is 83.7 Å². The number of hydrogen-bond acceptors (Lipinski definition) is 3. The molecule has 3 aromatic rings. The van der Waals surface area contributed by atoms with E-state index in [2.05, 4.69) is 91.7 Å². The molecule has 4 rings (SSSR count). The molecule has 0 aromatic heterocycles. The minimum Gasteiger partial charge on any atom is -0.351 e. The SMILES string of the molecule is CCCCCCCN(C(N)=O)c1c(C(=O)NC2CCN(C(c3ccccc3)c3ccccc3)CC2)cccc1C(C)C. The summed E-state index contributed by atoms with van der Waals surface area (Å²) in [6.45, 7) is 8.64. The Bertz CT molecular complexity index is 1230. The topological polar surface area (TPSA) is 78.7 Å². The van der Waals surface area contributed by atoms with Crippen LogP contribution in [0, 0.1) is 0 Å². The van der Waals surface area contributed by atoms with Crippen LogP contribution in [0.3, 0.4) is 0 Å². The number of nitrogens with zero attached hydrogens (tertiary/aromatic N) is 2. The molecule has 0 bridgehead atoms. The van der Waals surface area contributed by atoms with Crippen LogP contribution in [0.5, 0.6) is 0 Å². The number of piperidine rings is 1. The minimum absolute atomic E-state index is 0.0626. The maximum Gasteiger partial charge on any atom is 0.319 e. The molecule has 0 atom stereocenters. The predicted octanol–water partition coefficient (Wildman–Crippen LogP) is 7.65. The molecule has 1 fully saturated rings. The Morgan fingerprint density at radius 1 is 0.857 bits per heavy atom. The highest BCUT2D eigenvalue weighted by atomic mass is 16.2. The molecule has 224 valence electrons. The molecule has 0 aliphatic carbocycles. The highest BCUT2D eigenvalue weighted by Gasteiger charge is 2.30. The fraction of sp³-hybridized carbons (Fsp3) is 0.444. The van der Waals surface area contributed by atoms with Gasteiger partial charge in [0.1, 0.15) is 0 Å². The van der Waals surface area contributed by atoms with E-state index in [9.17, 15) is 9.59 Å². The molecule has 0 spiro atoms. The van der Waals surface area contributed by atoms with Gasteiger partial charge in [0.25, 0.3) is 5.91 Å². The zero-order valence-corrected chi connectivity index (χ0v) is 25.6. The van der Waals surface area contributed by atoms with Gasteiger partial charge >= 0.3 is 6.03 Å². The molecule has 3 aromatic carbocycles. The van der Waals surface area contributed by atoms with Crippen LogP contribution in [0.1, 0.15) is 105 Å². The number of likely N-dealkylation sites (tertiary alicyclic amines) is 1. The number of para-hydroxylation sites is 1. The van der Waals surface area contributed by atoms with Gasteiger partial charge in [-0.15, -0.1) is 0 Å². The lowest BCUT2D eigenvalue weighted by atomic mass is 9.93. The average Bonchev–Trinajstić information content (AvgIpc) is 3.00. The fourth-order valence-corrected chi connectivity index (χ4v) is 6.17.